The van der Waals surface area contributed by atoms with Crippen LogP contribution < -0.4 is 15.8 Å². The fourth-order valence-corrected chi connectivity index (χ4v) is 4.06. The lowest BCUT2D eigenvalue weighted by atomic mass is 9.68. The summed E-state index contributed by atoms with van der Waals surface area (Å²) in [6.07, 6.45) is 4.55. The van der Waals surface area contributed by atoms with E-state index in [-0.39, 0.29) is 5.41 Å². The van der Waals surface area contributed by atoms with E-state index in [1.807, 2.05) is 42.5 Å². The monoisotopic (exact) mass is 358 g/mol. The molecule has 0 amide bonds. The van der Waals surface area contributed by atoms with Crippen molar-refractivity contribution < 1.29 is 4.74 Å². The number of hydrogen-bond acceptors (Lipinski definition) is 3. The van der Waals surface area contributed by atoms with Gasteiger partial charge in [0.05, 0.1) is 0 Å². The maximum atomic E-state index is 6.22. The second-order valence-electron chi connectivity index (χ2n) is 6.90. The maximum absolute atomic E-state index is 6.22. The Kier molecular flexibility index (Phi) is 6.35. The average molecular weight is 359 g/mol. The van der Waals surface area contributed by atoms with Gasteiger partial charge in [0.25, 0.3) is 0 Å². The van der Waals surface area contributed by atoms with Crippen molar-refractivity contribution in [1.29, 1.82) is 0 Å². The maximum Gasteiger partial charge on any atom is 0.119 e. The summed E-state index contributed by atoms with van der Waals surface area (Å²) in [4.78, 5) is 0. The van der Waals surface area contributed by atoms with Crippen LogP contribution in [-0.4, -0.2) is 25.7 Å². The highest BCUT2D eigenvalue weighted by Gasteiger charge is 2.36. The first-order chi connectivity index (χ1) is 12.2. The van der Waals surface area contributed by atoms with Gasteiger partial charge in [-0.3, -0.25) is 0 Å². The van der Waals surface area contributed by atoms with E-state index >= 15 is 0 Å². The van der Waals surface area contributed by atoms with Crippen LogP contribution in [0.25, 0.3) is 0 Å². The highest BCUT2D eigenvalue weighted by Crippen LogP contribution is 2.39. The minimum Gasteiger partial charge on any atom is -0.492 e. The summed E-state index contributed by atoms with van der Waals surface area (Å²) in [5, 5.41) is 4.44. The largest absolute Gasteiger partial charge is 0.492 e. The van der Waals surface area contributed by atoms with Crippen molar-refractivity contribution in [2.45, 2.75) is 37.1 Å². The fourth-order valence-electron chi connectivity index (χ4n) is 3.87. The van der Waals surface area contributed by atoms with Crippen LogP contribution in [0.15, 0.2) is 54.6 Å². The minimum atomic E-state index is 0.0289. The quantitative estimate of drug-likeness (QED) is 0.731. The third kappa shape index (κ3) is 4.75. The highest BCUT2D eigenvalue weighted by atomic mass is 35.5. The van der Waals surface area contributed by atoms with Gasteiger partial charge in [-0.2, -0.15) is 0 Å². The van der Waals surface area contributed by atoms with Crippen molar-refractivity contribution in [2.75, 3.05) is 19.7 Å². The minimum absolute atomic E-state index is 0.0289. The Morgan fingerprint density at radius 1 is 1.16 bits per heavy atom. The molecule has 0 heterocycles. The van der Waals surface area contributed by atoms with Crippen LogP contribution in [0.1, 0.15) is 31.2 Å². The Morgan fingerprint density at radius 2 is 2.00 bits per heavy atom. The molecule has 1 aliphatic rings. The van der Waals surface area contributed by atoms with Gasteiger partial charge in [-0.1, -0.05) is 48.4 Å². The molecule has 0 aromatic heterocycles. The van der Waals surface area contributed by atoms with E-state index in [0.717, 1.165) is 30.2 Å². The predicted octanol–water partition coefficient (Wildman–Crippen LogP) is 4.15. The van der Waals surface area contributed by atoms with Crippen LogP contribution in [-0.2, 0) is 5.41 Å². The summed E-state index contributed by atoms with van der Waals surface area (Å²) in [6.45, 7) is 2.18. The predicted molar refractivity (Wildman–Crippen MR) is 104 cm³/mol. The molecule has 3 nitrogen and oxygen atoms in total. The summed E-state index contributed by atoms with van der Waals surface area (Å²) in [7, 11) is 0. The van der Waals surface area contributed by atoms with Gasteiger partial charge in [-0.25, -0.2) is 0 Å². The Balaban J connectivity index is 1.55. The van der Waals surface area contributed by atoms with Crippen molar-refractivity contribution in [1.82, 2.24) is 5.32 Å². The first-order valence-electron chi connectivity index (χ1n) is 9.09. The molecule has 4 heteroatoms. The molecule has 2 unspecified atom stereocenters. The van der Waals surface area contributed by atoms with Crippen LogP contribution in [0.3, 0.4) is 0 Å². The zero-order chi connectivity index (χ0) is 17.5. The summed E-state index contributed by atoms with van der Waals surface area (Å²) >= 11 is 6.21. The SMILES string of the molecule is NCC1(c2cccc(Cl)c2)CCCC(NCCOc2ccccc2)C1. The molecule has 2 aromatic rings. The van der Waals surface area contributed by atoms with E-state index in [0.29, 0.717) is 19.2 Å². The molecule has 0 bridgehead atoms. The van der Waals surface area contributed by atoms with Crippen LogP contribution in [0, 0.1) is 0 Å². The topological polar surface area (TPSA) is 47.3 Å². The summed E-state index contributed by atoms with van der Waals surface area (Å²) < 4.78 is 5.77. The van der Waals surface area contributed by atoms with Crippen molar-refractivity contribution in [2.24, 2.45) is 5.73 Å². The Labute approximate surface area is 155 Å². The molecule has 0 spiro atoms. The number of benzene rings is 2. The number of para-hydroxylation sites is 1. The van der Waals surface area contributed by atoms with Gasteiger partial charge < -0.3 is 15.8 Å². The molecule has 1 fully saturated rings. The van der Waals surface area contributed by atoms with Crippen LogP contribution in [0.4, 0.5) is 0 Å². The highest BCUT2D eigenvalue weighted by molar-refractivity contribution is 6.30. The Hall–Kier alpha value is -1.55. The molecule has 0 saturated heterocycles. The molecule has 1 saturated carbocycles. The van der Waals surface area contributed by atoms with Gasteiger partial charge in [0, 0.05) is 29.6 Å². The Morgan fingerprint density at radius 3 is 2.76 bits per heavy atom. The molecule has 1 aliphatic carbocycles. The number of nitrogens with two attached hydrogens (primary N) is 1. The smallest absolute Gasteiger partial charge is 0.119 e. The lowest BCUT2D eigenvalue weighted by molar-refractivity contribution is 0.230. The number of nitrogens with one attached hydrogen (secondary N) is 1. The summed E-state index contributed by atoms with van der Waals surface area (Å²) in [5.74, 6) is 0.920. The normalized spacial score (nSPS) is 23.4. The number of ether oxygens (including phenoxy) is 1. The second-order valence-corrected chi connectivity index (χ2v) is 7.34. The first-order valence-corrected chi connectivity index (χ1v) is 9.47. The molecule has 25 heavy (non-hydrogen) atoms. The van der Waals surface area contributed by atoms with E-state index < -0.39 is 0 Å². The molecule has 3 N–H and O–H groups in total. The van der Waals surface area contributed by atoms with Crippen molar-refractivity contribution >= 4 is 11.6 Å². The van der Waals surface area contributed by atoms with Gasteiger partial charge in [0.15, 0.2) is 0 Å². The summed E-state index contributed by atoms with van der Waals surface area (Å²) in [6, 6.07) is 18.6. The van der Waals surface area contributed by atoms with Gasteiger partial charge in [-0.05, 0) is 49.1 Å². The number of hydrogen-bond donors (Lipinski definition) is 2. The molecule has 134 valence electrons. The van der Waals surface area contributed by atoms with E-state index in [9.17, 15) is 0 Å². The molecule has 0 aliphatic heterocycles. The average Bonchev–Trinajstić information content (AvgIpc) is 2.66. The molecule has 2 aromatic carbocycles. The van der Waals surface area contributed by atoms with Gasteiger partial charge in [0.1, 0.15) is 12.4 Å². The van der Waals surface area contributed by atoms with Crippen molar-refractivity contribution in [3.8, 4) is 5.75 Å². The Bertz CT molecular complexity index is 664. The third-order valence-corrected chi connectivity index (χ3v) is 5.45. The number of halogens is 1. The van der Waals surface area contributed by atoms with E-state index in [1.54, 1.807) is 0 Å². The van der Waals surface area contributed by atoms with Gasteiger partial charge in [-0.15, -0.1) is 0 Å². The number of rotatable bonds is 7. The fraction of sp³-hybridized carbons (Fsp3) is 0.429. The van der Waals surface area contributed by atoms with Crippen LogP contribution >= 0.6 is 11.6 Å². The van der Waals surface area contributed by atoms with Crippen LogP contribution in [0.5, 0.6) is 5.75 Å². The first kappa shape index (κ1) is 18.2. The van der Waals surface area contributed by atoms with E-state index in [2.05, 4.69) is 17.4 Å². The van der Waals surface area contributed by atoms with Gasteiger partial charge in [0.2, 0.25) is 0 Å². The van der Waals surface area contributed by atoms with Crippen LogP contribution in [0.2, 0.25) is 5.02 Å². The zero-order valence-corrected chi connectivity index (χ0v) is 15.3. The van der Waals surface area contributed by atoms with Gasteiger partial charge >= 0.3 is 0 Å². The zero-order valence-electron chi connectivity index (χ0n) is 14.6. The standard InChI is InChI=1S/C21H27ClN2O/c22-18-7-4-6-17(14-18)21(16-23)11-5-8-19(15-21)24-12-13-25-20-9-2-1-3-10-20/h1-4,6-7,9-10,14,19,24H,5,8,11-13,15-16,23H2. The molecule has 2 atom stereocenters. The molecule has 0 radical (unpaired) electrons. The summed E-state index contributed by atoms with van der Waals surface area (Å²) in [5.41, 5.74) is 7.52. The van der Waals surface area contributed by atoms with E-state index in [4.69, 9.17) is 22.1 Å². The molecule has 3 rings (SSSR count). The van der Waals surface area contributed by atoms with E-state index in [1.165, 1.54) is 18.4 Å². The van der Waals surface area contributed by atoms with Crippen molar-refractivity contribution in [3.63, 3.8) is 0 Å². The second kappa shape index (κ2) is 8.70. The lowest BCUT2D eigenvalue weighted by Crippen LogP contribution is -2.46. The lowest BCUT2D eigenvalue weighted by Gasteiger charge is -2.41. The van der Waals surface area contributed by atoms with Crippen molar-refractivity contribution in [3.05, 3.63) is 65.2 Å². The molecular weight excluding hydrogens is 332 g/mol. The third-order valence-electron chi connectivity index (χ3n) is 5.22. The molecular formula is C21H27ClN2O.